The van der Waals surface area contributed by atoms with Crippen LogP contribution in [0.15, 0.2) is 30.3 Å². The molecule has 20 heavy (non-hydrogen) atoms. The summed E-state index contributed by atoms with van der Waals surface area (Å²) in [5.74, 6) is 0.701. The molecule has 1 heterocycles. The molecule has 0 aliphatic carbocycles. The Kier molecular flexibility index (Phi) is 4.13. The van der Waals surface area contributed by atoms with E-state index in [1.165, 1.54) is 0 Å². The summed E-state index contributed by atoms with van der Waals surface area (Å²) in [5.41, 5.74) is 3.52. The van der Waals surface area contributed by atoms with Crippen LogP contribution >= 0.6 is 0 Å². The van der Waals surface area contributed by atoms with E-state index in [2.05, 4.69) is 10.3 Å². The fraction of sp³-hybridized carbons (Fsp3) is 0.312. The van der Waals surface area contributed by atoms with Crippen molar-refractivity contribution < 1.29 is 9.53 Å². The maximum absolute atomic E-state index is 12.3. The van der Waals surface area contributed by atoms with Gasteiger partial charge in [-0.3, -0.25) is 4.79 Å². The molecule has 4 nitrogen and oxygen atoms in total. The summed E-state index contributed by atoms with van der Waals surface area (Å²) < 4.78 is 5.32. The molecule has 2 rings (SSSR count). The minimum atomic E-state index is -0.117. The van der Waals surface area contributed by atoms with E-state index in [9.17, 15) is 4.79 Å². The average molecular weight is 272 g/mol. The van der Waals surface area contributed by atoms with Crippen LogP contribution in [0.5, 0.6) is 5.75 Å². The van der Waals surface area contributed by atoms with Gasteiger partial charge in [-0.1, -0.05) is 18.2 Å². The SMILES string of the molecule is COc1ccccc1C(C)NC(=O)c1cc(C)[nH]c1C. The molecule has 0 saturated carbocycles. The molecule has 2 aromatic rings. The van der Waals surface area contributed by atoms with Crippen molar-refractivity contribution in [1.82, 2.24) is 10.3 Å². The number of benzene rings is 1. The van der Waals surface area contributed by atoms with Crippen molar-refractivity contribution in [3.05, 3.63) is 52.8 Å². The highest BCUT2D eigenvalue weighted by molar-refractivity contribution is 5.95. The molecule has 0 radical (unpaired) electrons. The van der Waals surface area contributed by atoms with Crippen molar-refractivity contribution >= 4 is 5.91 Å². The van der Waals surface area contributed by atoms with Gasteiger partial charge in [-0.2, -0.15) is 0 Å². The van der Waals surface area contributed by atoms with Gasteiger partial charge in [-0.25, -0.2) is 0 Å². The first kappa shape index (κ1) is 14.2. The maximum atomic E-state index is 12.3. The van der Waals surface area contributed by atoms with Crippen molar-refractivity contribution in [2.24, 2.45) is 0 Å². The first-order chi connectivity index (χ1) is 9.52. The Morgan fingerprint density at radius 2 is 2.00 bits per heavy atom. The van der Waals surface area contributed by atoms with Gasteiger partial charge in [0, 0.05) is 17.0 Å². The maximum Gasteiger partial charge on any atom is 0.253 e. The number of nitrogens with one attached hydrogen (secondary N) is 2. The smallest absolute Gasteiger partial charge is 0.253 e. The van der Waals surface area contributed by atoms with E-state index in [1.807, 2.05) is 51.1 Å². The molecule has 0 fully saturated rings. The molecule has 4 heteroatoms. The van der Waals surface area contributed by atoms with Gasteiger partial charge in [-0.15, -0.1) is 0 Å². The third-order valence-electron chi connectivity index (χ3n) is 3.35. The summed E-state index contributed by atoms with van der Waals surface area (Å²) in [6.07, 6.45) is 0. The van der Waals surface area contributed by atoms with Crippen LogP contribution in [-0.4, -0.2) is 18.0 Å². The van der Waals surface area contributed by atoms with Crippen molar-refractivity contribution in [1.29, 1.82) is 0 Å². The lowest BCUT2D eigenvalue weighted by atomic mass is 10.1. The molecular formula is C16H20N2O2. The van der Waals surface area contributed by atoms with Gasteiger partial charge in [0.25, 0.3) is 5.91 Å². The highest BCUT2D eigenvalue weighted by Gasteiger charge is 2.17. The van der Waals surface area contributed by atoms with Crippen LogP contribution in [-0.2, 0) is 0 Å². The fourth-order valence-electron chi connectivity index (χ4n) is 2.34. The number of rotatable bonds is 4. The zero-order valence-electron chi connectivity index (χ0n) is 12.3. The third kappa shape index (κ3) is 2.85. The van der Waals surface area contributed by atoms with Crippen molar-refractivity contribution in [3.8, 4) is 5.75 Å². The molecule has 1 unspecified atom stereocenters. The Hall–Kier alpha value is -2.23. The topological polar surface area (TPSA) is 54.1 Å². The molecule has 1 aromatic heterocycles. The Balaban J connectivity index is 2.17. The predicted octanol–water partition coefficient (Wildman–Crippen LogP) is 3.13. The standard InChI is InChI=1S/C16H20N2O2/c1-10-9-14(12(3)17-10)16(19)18-11(2)13-7-5-6-8-15(13)20-4/h5-9,11,17H,1-4H3,(H,18,19). The number of ether oxygens (including phenoxy) is 1. The quantitative estimate of drug-likeness (QED) is 0.898. The van der Waals surface area contributed by atoms with E-state index in [1.54, 1.807) is 7.11 Å². The van der Waals surface area contributed by atoms with E-state index in [-0.39, 0.29) is 11.9 Å². The molecular weight excluding hydrogens is 252 g/mol. The first-order valence-electron chi connectivity index (χ1n) is 6.63. The Morgan fingerprint density at radius 3 is 2.60 bits per heavy atom. The van der Waals surface area contributed by atoms with Crippen LogP contribution in [0.4, 0.5) is 0 Å². The summed E-state index contributed by atoms with van der Waals surface area (Å²) in [7, 11) is 1.63. The highest BCUT2D eigenvalue weighted by Crippen LogP contribution is 2.24. The van der Waals surface area contributed by atoms with E-state index in [0.29, 0.717) is 5.56 Å². The van der Waals surface area contributed by atoms with E-state index in [0.717, 1.165) is 22.7 Å². The largest absolute Gasteiger partial charge is 0.496 e. The number of hydrogen-bond acceptors (Lipinski definition) is 2. The van der Waals surface area contributed by atoms with Gasteiger partial charge >= 0.3 is 0 Å². The van der Waals surface area contributed by atoms with Crippen LogP contribution in [0.3, 0.4) is 0 Å². The third-order valence-corrected chi connectivity index (χ3v) is 3.35. The number of hydrogen-bond donors (Lipinski definition) is 2. The number of H-pyrrole nitrogens is 1. The van der Waals surface area contributed by atoms with Gasteiger partial charge in [0.15, 0.2) is 0 Å². The molecule has 1 amide bonds. The molecule has 1 aromatic carbocycles. The molecule has 1 atom stereocenters. The Labute approximate surface area is 119 Å². The van der Waals surface area contributed by atoms with Crippen LogP contribution in [0.2, 0.25) is 0 Å². The number of aromatic nitrogens is 1. The van der Waals surface area contributed by atoms with Crippen molar-refractivity contribution in [2.45, 2.75) is 26.8 Å². The molecule has 0 saturated heterocycles. The minimum absolute atomic E-state index is 0.0785. The van der Waals surface area contributed by atoms with E-state index in [4.69, 9.17) is 4.74 Å². The summed E-state index contributed by atoms with van der Waals surface area (Å²) in [6, 6.07) is 9.44. The molecule has 0 spiro atoms. The molecule has 0 bridgehead atoms. The van der Waals surface area contributed by atoms with Crippen LogP contribution in [0, 0.1) is 13.8 Å². The number of methoxy groups -OCH3 is 1. The minimum Gasteiger partial charge on any atom is -0.496 e. The van der Waals surface area contributed by atoms with Crippen LogP contribution < -0.4 is 10.1 Å². The zero-order valence-corrected chi connectivity index (χ0v) is 12.3. The van der Waals surface area contributed by atoms with Crippen LogP contribution in [0.1, 0.15) is 40.3 Å². The number of aryl methyl sites for hydroxylation is 2. The van der Waals surface area contributed by atoms with E-state index < -0.39 is 0 Å². The number of para-hydroxylation sites is 1. The van der Waals surface area contributed by atoms with Gasteiger partial charge in [-0.05, 0) is 32.9 Å². The Bertz CT molecular complexity index is 617. The van der Waals surface area contributed by atoms with Gasteiger partial charge in [0.1, 0.15) is 5.75 Å². The second kappa shape index (κ2) is 5.82. The van der Waals surface area contributed by atoms with Gasteiger partial charge in [0.2, 0.25) is 0 Å². The molecule has 0 aliphatic heterocycles. The summed E-state index contributed by atoms with van der Waals surface area (Å²) in [5, 5.41) is 3.00. The second-order valence-electron chi connectivity index (χ2n) is 4.93. The van der Waals surface area contributed by atoms with Gasteiger partial charge in [0.05, 0.1) is 18.7 Å². The zero-order chi connectivity index (χ0) is 14.7. The lowest BCUT2D eigenvalue weighted by Crippen LogP contribution is -2.27. The summed E-state index contributed by atoms with van der Waals surface area (Å²) in [4.78, 5) is 15.4. The van der Waals surface area contributed by atoms with E-state index >= 15 is 0 Å². The van der Waals surface area contributed by atoms with Crippen LogP contribution in [0.25, 0.3) is 0 Å². The van der Waals surface area contributed by atoms with Crippen molar-refractivity contribution in [2.75, 3.05) is 7.11 Å². The monoisotopic (exact) mass is 272 g/mol. The normalized spacial score (nSPS) is 12.0. The number of aromatic amines is 1. The number of carbonyl (C=O) groups excluding carboxylic acids is 1. The lowest BCUT2D eigenvalue weighted by Gasteiger charge is -2.17. The van der Waals surface area contributed by atoms with Gasteiger partial charge < -0.3 is 15.0 Å². The average Bonchev–Trinajstić information content (AvgIpc) is 2.77. The molecule has 0 aliphatic rings. The Morgan fingerprint density at radius 1 is 1.30 bits per heavy atom. The van der Waals surface area contributed by atoms with Crippen molar-refractivity contribution in [3.63, 3.8) is 0 Å². The predicted molar refractivity (Wildman–Crippen MR) is 79.1 cm³/mol. The summed E-state index contributed by atoms with van der Waals surface area (Å²) in [6.45, 7) is 5.79. The summed E-state index contributed by atoms with van der Waals surface area (Å²) >= 11 is 0. The second-order valence-corrected chi connectivity index (χ2v) is 4.93. The lowest BCUT2D eigenvalue weighted by molar-refractivity contribution is 0.0939. The highest BCUT2D eigenvalue weighted by atomic mass is 16.5. The molecule has 106 valence electrons. The molecule has 2 N–H and O–H groups in total. The number of carbonyl (C=O) groups is 1. The number of amides is 1. The first-order valence-corrected chi connectivity index (χ1v) is 6.63. The fourth-order valence-corrected chi connectivity index (χ4v) is 2.34.